The maximum Gasteiger partial charge on any atom is 0.265 e. The van der Waals surface area contributed by atoms with Crippen LogP contribution in [0.3, 0.4) is 0 Å². The van der Waals surface area contributed by atoms with Gasteiger partial charge in [-0.25, -0.2) is 0 Å². The zero-order valence-corrected chi connectivity index (χ0v) is 12.6. The first-order chi connectivity index (χ1) is 8.17. The van der Waals surface area contributed by atoms with Gasteiger partial charge in [-0.15, -0.1) is 0 Å². The molecule has 1 rings (SSSR count). The van der Waals surface area contributed by atoms with E-state index in [1.807, 2.05) is 21.1 Å². The van der Waals surface area contributed by atoms with Crippen LogP contribution in [0.5, 0.6) is 0 Å². The number of likely N-dealkylation sites (N-methyl/N-ethyl adjacent to an activating group) is 1. The molecule has 1 aliphatic carbocycles. The summed E-state index contributed by atoms with van der Waals surface area (Å²) in [5, 5.41) is 0. The molecule has 0 aromatic carbocycles. The van der Waals surface area contributed by atoms with Crippen LogP contribution in [0, 0.1) is 5.92 Å². The molecule has 0 spiro atoms. The summed E-state index contributed by atoms with van der Waals surface area (Å²) < 4.78 is 16.6. The number of quaternary nitrogens is 1. The Morgan fingerprint density at radius 3 is 2.17 bits per heavy atom. The molecule has 0 heterocycles. The van der Waals surface area contributed by atoms with Crippen molar-refractivity contribution in [2.75, 3.05) is 27.7 Å². The first-order valence-electron chi connectivity index (χ1n) is 6.70. The Kier molecular flexibility index (Phi) is 5.81. The second-order valence-corrected chi connectivity index (χ2v) is 7.48. The molecule has 2 unspecified atom stereocenters. The van der Waals surface area contributed by atoms with E-state index in [0.717, 1.165) is 25.7 Å². The number of nitrogens with zero attached hydrogens (tertiary/aromatic N) is 1. The van der Waals surface area contributed by atoms with Gasteiger partial charge in [-0.2, -0.15) is 0 Å². The number of rotatable bonds is 5. The summed E-state index contributed by atoms with van der Waals surface area (Å²) in [6.45, 7) is 0.595. The second-order valence-electron chi connectivity index (χ2n) is 6.34. The average Bonchev–Trinajstić information content (AvgIpc) is 2.39. The van der Waals surface area contributed by atoms with Gasteiger partial charge in [0.05, 0.1) is 21.1 Å². The Hall–Kier alpha value is 0.0700. The predicted octanol–water partition coefficient (Wildman–Crippen LogP) is 1.51. The first-order valence-corrected chi connectivity index (χ1v) is 8.19. The topological polar surface area (TPSA) is 69.6 Å². The molecule has 0 aromatic rings. The lowest BCUT2D eigenvalue weighted by Crippen LogP contribution is -2.45. The third kappa shape index (κ3) is 6.86. The average molecular weight is 279 g/mol. The van der Waals surface area contributed by atoms with Crippen LogP contribution in [0.2, 0.25) is 0 Å². The van der Waals surface area contributed by atoms with Gasteiger partial charge in [0.25, 0.3) is 7.82 Å². The fourth-order valence-corrected chi connectivity index (χ4v) is 3.24. The van der Waals surface area contributed by atoms with Gasteiger partial charge in [0.2, 0.25) is 0 Å². The van der Waals surface area contributed by atoms with Crippen LogP contribution in [-0.4, -0.2) is 43.2 Å². The van der Waals surface area contributed by atoms with Crippen molar-refractivity contribution in [1.29, 1.82) is 0 Å². The van der Waals surface area contributed by atoms with Crippen molar-refractivity contribution in [3.63, 3.8) is 0 Å². The zero-order valence-electron chi connectivity index (χ0n) is 11.7. The van der Waals surface area contributed by atoms with Gasteiger partial charge in [-0.3, -0.25) is 4.57 Å². The van der Waals surface area contributed by atoms with Crippen LogP contribution in [-0.2, 0) is 9.09 Å². The minimum absolute atomic E-state index is 0.235. The highest BCUT2D eigenvalue weighted by atomic mass is 31.2. The Bertz CT molecular complexity index is 289. The first kappa shape index (κ1) is 16.1. The van der Waals surface area contributed by atoms with Crippen molar-refractivity contribution in [2.24, 2.45) is 5.92 Å². The molecule has 0 aromatic heterocycles. The van der Waals surface area contributed by atoms with E-state index in [2.05, 4.69) is 0 Å². The lowest BCUT2D eigenvalue weighted by molar-refractivity contribution is -0.873. The van der Waals surface area contributed by atoms with E-state index < -0.39 is 13.9 Å². The molecule has 18 heavy (non-hydrogen) atoms. The number of hydrogen-bond donors (Lipinski definition) is 1. The molecule has 0 saturated heterocycles. The molecule has 5 nitrogen and oxygen atoms in total. The van der Waals surface area contributed by atoms with E-state index in [-0.39, 0.29) is 5.92 Å². The fourth-order valence-electron chi connectivity index (χ4n) is 2.66. The third-order valence-electron chi connectivity index (χ3n) is 3.42. The van der Waals surface area contributed by atoms with Crippen LogP contribution in [0.25, 0.3) is 0 Å². The molecule has 2 atom stereocenters. The summed E-state index contributed by atoms with van der Waals surface area (Å²) in [5.41, 5.74) is 0. The highest BCUT2D eigenvalue weighted by Crippen LogP contribution is 2.38. The summed E-state index contributed by atoms with van der Waals surface area (Å²) in [6.07, 6.45) is 6.24. The molecule has 1 fully saturated rings. The number of phosphoric acid groups is 1. The summed E-state index contributed by atoms with van der Waals surface area (Å²) in [7, 11) is 1.35. The maximum absolute atomic E-state index is 11.0. The van der Waals surface area contributed by atoms with E-state index in [1.165, 1.54) is 12.8 Å². The second kappa shape index (κ2) is 6.49. The highest BCUT2D eigenvalue weighted by Gasteiger charge is 2.30. The van der Waals surface area contributed by atoms with Gasteiger partial charge in [0, 0.05) is 0 Å². The van der Waals surface area contributed by atoms with E-state index in [9.17, 15) is 9.46 Å². The van der Waals surface area contributed by atoms with Crippen LogP contribution in [0.1, 0.15) is 38.5 Å². The minimum Gasteiger partial charge on any atom is -0.756 e. The zero-order chi connectivity index (χ0) is 13.8. The Morgan fingerprint density at radius 2 is 1.78 bits per heavy atom. The lowest BCUT2D eigenvalue weighted by Gasteiger charge is -2.35. The Labute approximate surface area is 110 Å². The smallest absolute Gasteiger partial charge is 0.265 e. The molecule has 1 saturated carbocycles. The SMILES string of the molecule is C[N+](C)(C)CC(OP(=O)([O-])O)C1CCCCCC1. The fraction of sp³-hybridized carbons (Fsp3) is 1.00. The summed E-state index contributed by atoms with van der Waals surface area (Å²) in [5.74, 6) is 0.235. The lowest BCUT2D eigenvalue weighted by atomic mass is 9.93. The van der Waals surface area contributed by atoms with Crippen molar-refractivity contribution < 1.29 is 23.4 Å². The maximum atomic E-state index is 11.0. The standard InChI is InChI=1S/C12H26NO4P/c1-13(2,3)10-12(17-18(14,15)16)11-8-6-4-5-7-9-11/h11-12H,4-10H2,1-3H3,(H-,14,15,16). The molecule has 1 N–H and O–H groups in total. The van der Waals surface area contributed by atoms with E-state index in [0.29, 0.717) is 11.0 Å². The number of hydrogen-bond acceptors (Lipinski definition) is 3. The van der Waals surface area contributed by atoms with Crippen LogP contribution in [0.4, 0.5) is 0 Å². The minimum atomic E-state index is -4.65. The molecular weight excluding hydrogens is 253 g/mol. The normalized spacial score (nSPS) is 24.3. The summed E-state index contributed by atoms with van der Waals surface area (Å²) in [6, 6.07) is 0. The summed E-state index contributed by atoms with van der Waals surface area (Å²) in [4.78, 5) is 20.0. The Balaban J connectivity index is 2.71. The van der Waals surface area contributed by atoms with Crippen LogP contribution in [0.15, 0.2) is 0 Å². The molecule has 0 amide bonds. The Morgan fingerprint density at radius 1 is 1.28 bits per heavy atom. The third-order valence-corrected chi connectivity index (χ3v) is 3.96. The quantitative estimate of drug-likeness (QED) is 0.470. The molecule has 108 valence electrons. The van der Waals surface area contributed by atoms with Gasteiger partial charge in [0.15, 0.2) is 0 Å². The monoisotopic (exact) mass is 279 g/mol. The summed E-state index contributed by atoms with van der Waals surface area (Å²) >= 11 is 0. The molecular formula is C12H26NO4P. The van der Waals surface area contributed by atoms with Crippen molar-refractivity contribution in [2.45, 2.75) is 44.6 Å². The molecule has 0 bridgehead atoms. The van der Waals surface area contributed by atoms with Crippen molar-refractivity contribution in [3.8, 4) is 0 Å². The van der Waals surface area contributed by atoms with E-state index in [4.69, 9.17) is 9.42 Å². The van der Waals surface area contributed by atoms with E-state index >= 15 is 0 Å². The van der Waals surface area contributed by atoms with Gasteiger partial charge < -0.3 is 18.8 Å². The largest absolute Gasteiger partial charge is 0.756 e. The predicted molar refractivity (Wildman–Crippen MR) is 68.8 cm³/mol. The van der Waals surface area contributed by atoms with Gasteiger partial charge >= 0.3 is 0 Å². The van der Waals surface area contributed by atoms with Gasteiger partial charge in [-0.05, 0) is 18.8 Å². The van der Waals surface area contributed by atoms with Gasteiger partial charge in [0.1, 0.15) is 12.6 Å². The highest BCUT2D eigenvalue weighted by molar-refractivity contribution is 7.44. The molecule has 6 heteroatoms. The number of phosphoric ester groups is 1. The molecule has 0 radical (unpaired) electrons. The van der Waals surface area contributed by atoms with Crippen molar-refractivity contribution in [1.82, 2.24) is 0 Å². The van der Waals surface area contributed by atoms with Crippen LogP contribution >= 0.6 is 7.82 Å². The van der Waals surface area contributed by atoms with Crippen molar-refractivity contribution >= 4 is 7.82 Å². The van der Waals surface area contributed by atoms with E-state index in [1.54, 1.807) is 0 Å². The molecule has 1 aliphatic rings. The van der Waals surface area contributed by atoms with Gasteiger partial charge in [-0.1, -0.05) is 25.7 Å². The van der Waals surface area contributed by atoms with Crippen LogP contribution < -0.4 is 4.89 Å². The van der Waals surface area contributed by atoms with Crippen molar-refractivity contribution in [3.05, 3.63) is 0 Å². The molecule has 0 aliphatic heterocycles.